The molecule has 2 rings (SSSR count). The number of benzene rings is 2. The monoisotopic (exact) mass is 400 g/mol. The molecule has 5 nitrogen and oxygen atoms in total. The molecule has 0 aliphatic rings. The van der Waals surface area contributed by atoms with Crippen LogP contribution in [0.2, 0.25) is 0 Å². The molecule has 146 valence electrons. The van der Waals surface area contributed by atoms with Crippen LogP contribution in [0.1, 0.15) is 24.5 Å². The Morgan fingerprint density at radius 3 is 2.33 bits per heavy atom. The predicted octanol–water partition coefficient (Wildman–Crippen LogP) is 3.57. The van der Waals surface area contributed by atoms with Crippen LogP contribution in [0.5, 0.6) is 0 Å². The van der Waals surface area contributed by atoms with Crippen LogP contribution in [0.3, 0.4) is 0 Å². The Labute approximate surface area is 155 Å². The van der Waals surface area contributed by atoms with Gasteiger partial charge in [0, 0.05) is 5.69 Å². The van der Waals surface area contributed by atoms with Crippen molar-refractivity contribution < 1.29 is 26.4 Å². The van der Waals surface area contributed by atoms with Crippen molar-refractivity contribution in [3.63, 3.8) is 0 Å². The third-order valence-corrected chi connectivity index (χ3v) is 5.07. The fraction of sp³-hybridized carbons (Fsp3) is 0.278. The third-order valence-electron chi connectivity index (χ3n) is 3.67. The Kier molecular flexibility index (Phi) is 6.61. The summed E-state index contributed by atoms with van der Waals surface area (Å²) in [7, 11) is -4.26. The van der Waals surface area contributed by atoms with Gasteiger partial charge in [-0.05, 0) is 42.3 Å². The van der Waals surface area contributed by atoms with Crippen LogP contribution in [0, 0.1) is 0 Å². The van der Waals surface area contributed by atoms with E-state index in [1.807, 2.05) is 23.8 Å². The largest absolute Gasteiger partial charge is 0.416 e. The Bertz CT molecular complexity index is 895. The highest BCUT2D eigenvalue weighted by molar-refractivity contribution is 7.89. The molecule has 0 aliphatic heterocycles. The van der Waals surface area contributed by atoms with E-state index in [2.05, 4.69) is 5.32 Å². The second kappa shape index (κ2) is 8.53. The van der Waals surface area contributed by atoms with Gasteiger partial charge < -0.3 is 5.32 Å². The molecule has 2 aromatic carbocycles. The lowest BCUT2D eigenvalue weighted by molar-refractivity contribution is -0.137. The molecular formula is C18H19F3N2O3S. The molecule has 9 heteroatoms. The van der Waals surface area contributed by atoms with Gasteiger partial charge in [0.1, 0.15) is 0 Å². The Hall–Kier alpha value is -2.39. The number of carbonyl (C=O) groups is 1. The van der Waals surface area contributed by atoms with Crippen molar-refractivity contribution in [2.24, 2.45) is 0 Å². The minimum absolute atomic E-state index is 0.498. The molecule has 0 saturated carbocycles. The quantitative estimate of drug-likeness (QED) is 0.746. The minimum Gasteiger partial charge on any atom is -0.325 e. The highest BCUT2D eigenvalue weighted by Gasteiger charge is 2.31. The number of anilines is 1. The molecule has 0 heterocycles. The van der Waals surface area contributed by atoms with Crippen LogP contribution >= 0.6 is 0 Å². The number of sulfonamides is 1. The average molecular weight is 400 g/mol. The molecule has 0 unspecified atom stereocenters. The molecule has 0 aliphatic carbocycles. The maximum absolute atomic E-state index is 12.7. The van der Waals surface area contributed by atoms with Gasteiger partial charge in [-0.2, -0.15) is 13.2 Å². The van der Waals surface area contributed by atoms with Gasteiger partial charge in [0.25, 0.3) is 0 Å². The summed E-state index contributed by atoms with van der Waals surface area (Å²) < 4.78 is 64.4. The summed E-state index contributed by atoms with van der Waals surface area (Å²) >= 11 is 0. The van der Waals surface area contributed by atoms with E-state index < -0.39 is 39.1 Å². The van der Waals surface area contributed by atoms with E-state index in [4.69, 9.17) is 0 Å². The number of alkyl halides is 3. The average Bonchev–Trinajstić information content (AvgIpc) is 2.61. The Morgan fingerprint density at radius 1 is 1.07 bits per heavy atom. The number of carbonyl (C=O) groups excluding carboxylic acids is 1. The number of hydrogen-bond acceptors (Lipinski definition) is 3. The number of hydrogen-bond donors (Lipinski definition) is 2. The fourth-order valence-electron chi connectivity index (χ4n) is 2.33. The van der Waals surface area contributed by atoms with E-state index in [9.17, 15) is 26.4 Å². The molecule has 0 saturated heterocycles. The molecule has 0 radical (unpaired) electrons. The molecule has 0 atom stereocenters. The van der Waals surface area contributed by atoms with Gasteiger partial charge in [-0.1, -0.05) is 31.5 Å². The van der Waals surface area contributed by atoms with E-state index >= 15 is 0 Å². The summed E-state index contributed by atoms with van der Waals surface area (Å²) in [6, 6.07) is 10.4. The lowest BCUT2D eigenvalue weighted by atomic mass is 10.1. The number of amides is 1. The summed E-state index contributed by atoms with van der Waals surface area (Å²) in [5.41, 5.74) is 0.529. The molecule has 0 aromatic heterocycles. The second-order valence-corrected chi connectivity index (χ2v) is 7.61. The van der Waals surface area contributed by atoms with Crippen LogP contribution < -0.4 is 10.0 Å². The predicted molar refractivity (Wildman–Crippen MR) is 95.7 cm³/mol. The summed E-state index contributed by atoms with van der Waals surface area (Å²) in [6.07, 6.45) is -2.76. The first-order valence-electron chi connectivity index (χ1n) is 8.17. The van der Waals surface area contributed by atoms with Crippen molar-refractivity contribution >= 4 is 21.6 Å². The lowest BCUT2D eigenvalue weighted by Crippen LogP contribution is -2.33. The second-order valence-electron chi connectivity index (χ2n) is 5.85. The van der Waals surface area contributed by atoms with Crippen molar-refractivity contribution in [3.8, 4) is 0 Å². The molecule has 0 bridgehead atoms. The first-order valence-corrected chi connectivity index (χ1v) is 9.66. The van der Waals surface area contributed by atoms with Gasteiger partial charge in [0.05, 0.1) is 17.0 Å². The van der Waals surface area contributed by atoms with Crippen molar-refractivity contribution in [2.45, 2.75) is 30.8 Å². The highest BCUT2D eigenvalue weighted by Crippen LogP contribution is 2.30. The Balaban J connectivity index is 1.99. The first-order chi connectivity index (χ1) is 12.6. The molecular weight excluding hydrogens is 381 g/mol. The summed E-state index contributed by atoms with van der Waals surface area (Å²) in [6.45, 7) is 1.45. The molecule has 27 heavy (non-hydrogen) atoms. The highest BCUT2D eigenvalue weighted by atomic mass is 32.2. The number of rotatable bonds is 7. The number of nitrogens with one attached hydrogen (secondary N) is 2. The van der Waals surface area contributed by atoms with Gasteiger partial charge >= 0.3 is 6.18 Å². The first kappa shape index (κ1) is 20.9. The zero-order valence-corrected chi connectivity index (χ0v) is 15.3. The zero-order valence-electron chi connectivity index (χ0n) is 14.5. The molecule has 1 amide bonds. The van der Waals surface area contributed by atoms with Gasteiger partial charge in [-0.15, -0.1) is 0 Å². The van der Waals surface area contributed by atoms with Crippen LogP contribution in [0.25, 0.3) is 0 Å². The topological polar surface area (TPSA) is 75.3 Å². The SMILES string of the molecule is CCCc1ccc(NC(=O)CNS(=O)(=O)c2cccc(C(F)(F)F)c2)cc1. The van der Waals surface area contributed by atoms with Crippen molar-refractivity contribution in [2.75, 3.05) is 11.9 Å². The summed E-state index contributed by atoms with van der Waals surface area (Å²) in [5, 5.41) is 2.53. The van der Waals surface area contributed by atoms with Crippen molar-refractivity contribution in [3.05, 3.63) is 59.7 Å². The zero-order chi connectivity index (χ0) is 20.1. The summed E-state index contributed by atoms with van der Waals surface area (Å²) in [4.78, 5) is 11.3. The molecule has 2 aromatic rings. The van der Waals surface area contributed by atoms with Gasteiger partial charge in [0.2, 0.25) is 15.9 Å². The van der Waals surface area contributed by atoms with Crippen LogP contribution in [0.4, 0.5) is 18.9 Å². The normalized spacial score (nSPS) is 12.0. The molecule has 0 spiro atoms. The smallest absolute Gasteiger partial charge is 0.325 e. The van der Waals surface area contributed by atoms with Gasteiger partial charge in [-0.25, -0.2) is 13.1 Å². The molecule has 2 N–H and O–H groups in total. The van der Waals surface area contributed by atoms with E-state index in [-0.39, 0.29) is 0 Å². The van der Waals surface area contributed by atoms with Crippen molar-refractivity contribution in [1.29, 1.82) is 0 Å². The van der Waals surface area contributed by atoms with Gasteiger partial charge in [-0.3, -0.25) is 4.79 Å². The van der Waals surface area contributed by atoms with E-state index in [0.717, 1.165) is 36.6 Å². The van der Waals surface area contributed by atoms with Crippen LogP contribution in [-0.4, -0.2) is 20.9 Å². The number of aryl methyl sites for hydroxylation is 1. The van der Waals surface area contributed by atoms with E-state index in [0.29, 0.717) is 11.8 Å². The van der Waals surface area contributed by atoms with Crippen molar-refractivity contribution in [1.82, 2.24) is 4.72 Å². The summed E-state index contributed by atoms with van der Waals surface area (Å²) in [5.74, 6) is -0.631. The van der Waals surface area contributed by atoms with E-state index in [1.165, 1.54) is 0 Å². The lowest BCUT2D eigenvalue weighted by Gasteiger charge is -2.11. The van der Waals surface area contributed by atoms with Gasteiger partial charge in [0.15, 0.2) is 0 Å². The van der Waals surface area contributed by atoms with Crippen LogP contribution in [-0.2, 0) is 27.4 Å². The maximum Gasteiger partial charge on any atom is 0.416 e. The fourth-order valence-corrected chi connectivity index (χ4v) is 3.36. The van der Waals surface area contributed by atoms with Crippen LogP contribution in [0.15, 0.2) is 53.4 Å². The molecule has 0 fully saturated rings. The third kappa shape index (κ3) is 6.07. The maximum atomic E-state index is 12.7. The Morgan fingerprint density at radius 2 is 1.74 bits per heavy atom. The standard InChI is InChI=1S/C18H19F3N2O3S/c1-2-4-13-7-9-15(10-8-13)23-17(24)12-22-27(25,26)16-6-3-5-14(11-16)18(19,20)21/h3,5-11,22H,2,4,12H2,1H3,(H,23,24). The number of halogens is 3. The van der Waals surface area contributed by atoms with E-state index in [1.54, 1.807) is 12.1 Å². The minimum atomic E-state index is -4.66.